The highest BCUT2D eigenvalue weighted by Gasteiger charge is 2.47. The van der Waals surface area contributed by atoms with Gasteiger partial charge in [-0.05, 0) is 25.0 Å². The smallest absolute Gasteiger partial charge is 0.0900 e. The number of hydrogen-bond donors (Lipinski definition) is 1. The van der Waals surface area contributed by atoms with Crippen molar-refractivity contribution >= 4 is 23.2 Å². The fourth-order valence-electron chi connectivity index (χ4n) is 2.05. The zero-order chi connectivity index (χ0) is 11.1. The Bertz CT molecular complexity index is 412. The molecule has 1 aliphatic carbocycles. The van der Waals surface area contributed by atoms with Crippen LogP contribution in [-0.4, -0.2) is 11.2 Å². The van der Waals surface area contributed by atoms with Crippen LogP contribution >= 0.6 is 23.2 Å². The van der Waals surface area contributed by atoms with Gasteiger partial charge in [-0.25, -0.2) is 0 Å². The topological polar surface area (TPSA) is 44.0 Å². The molecule has 1 aromatic carbocycles. The summed E-state index contributed by atoms with van der Waals surface area (Å²) in [5, 5.41) is 19.5. The van der Waals surface area contributed by atoms with E-state index in [4.69, 9.17) is 23.2 Å². The van der Waals surface area contributed by atoms with E-state index in [1.165, 1.54) is 0 Å². The molecule has 0 bridgehead atoms. The Balaban J connectivity index is 2.50. The van der Waals surface area contributed by atoms with Gasteiger partial charge in [-0.2, -0.15) is 5.26 Å². The maximum atomic E-state index is 9.32. The largest absolute Gasteiger partial charge is 0.393 e. The van der Waals surface area contributed by atoms with Crippen molar-refractivity contribution in [2.75, 3.05) is 0 Å². The van der Waals surface area contributed by atoms with Crippen molar-refractivity contribution in [2.24, 2.45) is 0 Å². The van der Waals surface area contributed by atoms with Gasteiger partial charge < -0.3 is 5.11 Å². The lowest BCUT2D eigenvalue weighted by Gasteiger charge is -2.40. The molecule has 0 saturated heterocycles. The quantitative estimate of drug-likeness (QED) is 0.822. The molecule has 0 spiro atoms. The van der Waals surface area contributed by atoms with Gasteiger partial charge in [0, 0.05) is 15.6 Å². The highest BCUT2D eigenvalue weighted by atomic mass is 35.5. The molecule has 1 aliphatic rings. The van der Waals surface area contributed by atoms with Crippen LogP contribution in [0.2, 0.25) is 10.0 Å². The second-order valence-corrected chi connectivity index (χ2v) is 4.67. The summed E-state index contributed by atoms with van der Waals surface area (Å²) in [4.78, 5) is 0. The molecule has 1 fully saturated rings. The van der Waals surface area contributed by atoms with Crippen LogP contribution in [0.15, 0.2) is 18.2 Å². The van der Waals surface area contributed by atoms with Crippen LogP contribution in [0.4, 0.5) is 0 Å². The summed E-state index contributed by atoms with van der Waals surface area (Å²) in [5.74, 6) is 0. The van der Waals surface area contributed by atoms with Crippen LogP contribution in [0, 0.1) is 11.3 Å². The maximum absolute atomic E-state index is 9.32. The van der Waals surface area contributed by atoms with Crippen molar-refractivity contribution in [1.82, 2.24) is 0 Å². The Kier molecular flexibility index (Phi) is 2.64. The number of hydrogen-bond acceptors (Lipinski definition) is 2. The van der Waals surface area contributed by atoms with Crippen molar-refractivity contribution in [2.45, 2.75) is 24.4 Å². The van der Waals surface area contributed by atoms with Crippen molar-refractivity contribution in [3.8, 4) is 6.07 Å². The van der Waals surface area contributed by atoms with Gasteiger partial charge in [0.1, 0.15) is 0 Å². The van der Waals surface area contributed by atoms with Gasteiger partial charge in [-0.15, -0.1) is 0 Å². The van der Waals surface area contributed by atoms with Crippen molar-refractivity contribution in [3.05, 3.63) is 33.8 Å². The standard InChI is InChI=1S/C11H9Cl2NO/c12-8-2-1-3-9(13)10(8)11(6-14)4-7(15)5-11/h1-3,7,15H,4-5H2. The zero-order valence-electron chi connectivity index (χ0n) is 7.87. The molecule has 2 rings (SSSR count). The molecule has 0 radical (unpaired) electrons. The number of halogens is 2. The molecule has 1 saturated carbocycles. The van der Waals surface area contributed by atoms with Crippen molar-refractivity contribution < 1.29 is 5.11 Å². The second-order valence-electron chi connectivity index (χ2n) is 3.85. The van der Waals surface area contributed by atoms with Crippen LogP contribution in [0.25, 0.3) is 0 Å². The van der Waals surface area contributed by atoms with Gasteiger partial charge in [-0.3, -0.25) is 0 Å². The van der Waals surface area contributed by atoms with Crippen LogP contribution in [0.3, 0.4) is 0 Å². The molecule has 4 heteroatoms. The van der Waals surface area contributed by atoms with E-state index in [1.54, 1.807) is 18.2 Å². The number of aliphatic hydroxyl groups excluding tert-OH is 1. The Labute approximate surface area is 98.0 Å². The SMILES string of the molecule is N#CC1(c2c(Cl)cccc2Cl)CC(O)C1. The molecular weight excluding hydrogens is 233 g/mol. The molecule has 0 atom stereocenters. The first-order valence-corrected chi connectivity index (χ1v) is 5.38. The molecule has 0 amide bonds. The summed E-state index contributed by atoms with van der Waals surface area (Å²) in [6, 6.07) is 7.39. The Morgan fingerprint density at radius 1 is 1.33 bits per heavy atom. The third-order valence-corrected chi connectivity index (χ3v) is 3.45. The first-order chi connectivity index (χ1) is 7.09. The van der Waals surface area contributed by atoms with Gasteiger partial charge in [0.25, 0.3) is 0 Å². The number of aliphatic hydroxyl groups is 1. The summed E-state index contributed by atoms with van der Waals surface area (Å²) in [5.41, 5.74) is -0.0457. The Morgan fingerprint density at radius 2 is 1.87 bits per heavy atom. The van der Waals surface area contributed by atoms with Crippen molar-refractivity contribution in [1.29, 1.82) is 5.26 Å². The van der Waals surface area contributed by atoms with Gasteiger partial charge in [-0.1, -0.05) is 29.3 Å². The number of nitriles is 1. The zero-order valence-corrected chi connectivity index (χ0v) is 9.39. The summed E-state index contributed by atoms with van der Waals surface area (Å²) < 4.78 is 0. The number of nitrogens with zero attached hydrogens (tertiary/aromatic N) is 1. The van der Waals surface area contributed by atoms with Gasteiger partial charge in [0.2, 0.25) is 0 Å². The monoisotopic (exact) mass is 241 g/mol. The molecule has 15 heavy (non-hydrogen) atoms. The maximum Gasteiger partial charge on any atom is 0.0900 e. The van der Waals surface area contributed by atoms with E-state index in [-0.39, 0.29) is 0 Å². The molecule has 0 heterocycles. The normalized spacial score (nSPS) is 29.3. The average molecular weight is 242 g/mol. The molecule has 78 valence electrons. The van der Waals surface area contributed by atoms with Crippen LogP contribution in [0.5, 0.6) is 0 Å². The lowest BCUT2D eigenvalue weighted by molar-refractivity contribution is 0.0448. The molecule has 1 aromatic rings. The van der Waals surface area contributed by atoms with Crippen molar-refractivity contribution in [3.63, 3.8) is 0 Å². The minimum absolute atomic E-state index is 0.410. The van der Waals surface area contributed by atoms with E-state index in [9.17, 15) is 10.4 Å². The molecule has 0 aromatic heterocycles. The molecule has 2 nitrogen and oxygen atoms in total. The minimum Gasteiger partial charge on any atom is -0.393 e. The first-order valence-electron chi connectivity index (χ1n) is 4.63. The van der Waals surface area contributed by atoms with E-state index in [0.29, 0.717) is 28.5 Å². The minimum atomic E-state index is -0.700. The van der Waals surface area contributed by atoms with E-state index in [0.717, 1.165) is 0 Å². The number of benzene rings is 1. The van der Waals surface area contributed by atoms with Gasteiger partial charge >= 0.3 is 0 Å². The van der Waals surface area contributed by atoms with Gasteiger partial charge in [0.15, 0.2) is 0 Å². The fourth-order valence-corrected chi connectivity index (χ4v) is 2.81. The highest BCUT2D eigenvalue weighted by molar-refractivity contribution is 6.36. The second kappa shape index (κ2) is 3.68. The predicted molar refractivity (Wildman–Crippen MR) is 59.0 cm³/mol. The van der Waals surface area contributed by atoms with E-state index in [1.807, 2.05) is 0 Å². The number of rotatable bonds is 1. The summed E-state index contributed by atoms with van der Waals surface area (Å²) in [7, 11) is 0. The summed E-state index contributed by atoms with van der Waals surface area (Å²) in [6.45, 7) is 0. The first kappa shape index (κ1) is 10.8. The molecular formula is C11H9Cl2NO. The van der Waals surface area contributed by atoms with Crippen LogP contribution < -0.4 is 0 Å². The lowest BCUT2D eigenvalue weighted by atomic mass is 9.64. The predicted octanol–water partition coefficient (Wildman–Crippen LogP) is 2.91. The molecule has 0 unspecified atom stereocenters. The highest BCUT2D eigenvalue weighted by Crippen LogP contribution is 2.48. The third kappa shape index (κ3) is 1.61. The van der Waals surface area contributed by atoms with E-state index >= 15 is 0 Å². The molecule has 1 N–H and O–H groups in total. The average Bonchev–Trinajstić information content (AvgIpc) is 2.14. The third-order valence-electron chi connectivity index (χ3n) is 2.82. The summed E-state index contributed by atoms with van der Waals surface area (Å²) >= 11 is 12.1. The fraction of sp³-hybridized carbons (Fsp3) is 0.364. The lowest BCUT2D eigenvalue weighted by Crippen LogP contribution is -2.43. The van der Waals surface area contributed by atoms with E-state index in [2.05, 4.69) is 6.07 Å². The Hall–Kier alpha value is -0.750. The Morgan fingerprint density at radius 3 is 2.27 bits per heavy atom. The van der Waals surface area contributed by atoms with Gasteiger partial charge in [0.05, 0.1) is 17.6 Å². The summed E-state index contributed by atoms with van der Waals surface area (Å²) in [6.07, 6.45) is 0.400. The molecule has 0 aliphatic heterocycles. The van der Waals surface area contributed by atoms with E-state index < -0.39 is 11.5 Å². The van der Waals surface area contributed by atoms with Crippen LogP contribution in [-0.2, 0) is 5.41 Å². The van der Waals surface area contributed by atoms with Crippen LogP contribution in [0.1, 0.15) is 18.4 Å².